The van der Waals surface area contributed by atoms with E-state index in [1.54, 1.807) is 0 Å². The molecule has 6 heteroatoms. The molecular weight excluding hydrogens is 256 g/mol. The van der Waals surface area contributed by atoms with Crippen LogP contribution in [0.5, 0.6) is 0 Å². The Morgan fingerprint density at radius 2 is 2.20 bits per heavy atom. The number of hydrogen-bond acceptors (Lipinski definition) is 4. The third kappa shape index (κ3) is 3.14. The first kappa shape index (κ1) is 13.6. The van der Waals surface area contributed by atoms with Gasteiger partial charge in [-0.05, 0) is 12.5 Å². The Labute approximate surface area is 116 Å². The van der Waals surface area contributed by atoms with Gasteiger partial charge >= 0.3 is 6.09 Å². The van der Waals surface area contributed by atoms with Crippen LogP contribution in [0.25, 0.3) is 0 Å². The third-order valence-electron chi connectivity index (χ3n) is 2.69. The van der Waals surface area contributed by atoms with Crippen LogP contribution in [0.1, 0.15) is 18.1 Å². The summed E-state index contributed by atoms with van der Waals surface area (Å²) in [4.78, 5) is 11.7. The number of aryl methyl sites for hydroxylation is 1. The summed E-state index contributed by atoms with van der Waals surface area (Å²) in [5.41, 5.74) is 1.20. The highest BCUT2D eigenvalue weighted by atomic mass is 16.5. The van der Waals surface area contributed by atoms with Gasteiger partial charge in [-0.3, -0.25) is 5.32 Å². The fraction of sp³-hybridized carbons (Fsp3) is 0.214. The van der Waals surface area contributed by atoms with Crippen LogP contribution in [-0.4, -0.2) is 15.9 Å². The molecule has 0 aliphatic heterocycles. The number of ether oxygens (including phenoxy) is 1. The normalized spacial score (nSPS) is 9.80. The van der Waals surface area contributed by atoms with Gasteiger partial charge in [0, 0.05) is 6.54 Å². The number of nitrogens with zero attached hydrogens (tertiary/aromatic N) is 3. The van der Waals surface area contributed by atoms with E-state index in [-0.39, 0.29) is 6.61 Å². The third-order valence-corrected chi connectivity index (χ3v) is 2.69. The average molecular weight is 270 g/mol. The molecule has 2 rings (SSSR count). The Kier molecular flexibility index (Phi) is 4.35. The molecule has 0 aliphatic rings. The summed E-state index contributed by atoms with van der Waals surface area (Å²) in [6.07, 6.45) is 0.802. The van der Waals surface area contributed by atoms with Crippen molar-refractivity contribution in [1.29, 1.82) is 5.26 Å². The maximum Gasteiger partial charge on any atom is 0.413 e. The molecule has 1 N–H and O–H groups in total. The van der Waals surface area contributed by atoms with Crippen LogP contribution in [0, 0.1) is 11.3 Å². The predicted octanol–water partition coefficient (Wildman–Crippen LogP) is 2.52. The Bertz CT molecular complexity index is 628. The number of aromatic nitrogens is 2. The minimum Gasteiger partial charge on any atom is -0.444 e. The first-order valence-electron chi connectivity index (χ1n) is 6.18. The number of rotatable bonds is 4. The van der Waals surface area contributed by atoms with E-state index < -0.39 is 6.09 Å². The number of benzene rings is 1. The van der Waals surface area contributed by atoms with Gasteiger partial charge in [-0.15, -0.1) is 0 Å². The zero-order valence-corrected chi connectivity index (χ0v) is 11.0. The fourth-order valence-electron chi connectivity index (χ4n) is 1.69. The number of nitrogens with one attached hydrogen (secondary N) is 1. The van der Waals surface area contributed by atoms with Gasteiger partial charge in [-0.25, -0.2) is 9.48 Å². The number of amides is 1. The van der Waals surface area contributed by atoms with Gasteiger partial charge in [0.15, 0.2) is 5.82 Å². The second kappa shape index (κ2) is 6.38. The highest BCUT2D eigenvalue weighted by Crippen LogP contribution is 2.14. The molecule has 0 spiro atoms. The summed E-state index contributed by atoms with van der Waals surface area (Å²) >= 11 is 0. The van der Waals surface area contributed by atoms with Crippen molar-refractivity contribution in [2.75, 3.05) is 5.32 Å². The first-order chi connectivity index (χ1) is 9.74. The molecule has 0 aliphatic carbocycles. The van der Waals surface area contributed by atoms with Gasteiger partial charge < -0.3 is 4.74 Å². The largest absolute Gasteiger partial charge is 0.444 e. The molecule has 1 heterocycles. The number of carbonyl (C=O) groups excluding carboxylic acids is 1. The van der Waals surface area contributed by atoms with Gasteiger partial charge in [0.05, 0.1) is 6.20 Å². The number of hydrogen-bond donors (Lipinski definition) is 1. The van der Waals surface area contributed by atoms with E-state index in [1.807, 2.05) is 43.3 Å². The van der Waals surface area contributed by atoms with Crippen LogP contribution in [0.4, 0.5) is 10.6 Å². The standard InChI is InChI=1S/C14H14N4O2/c1-2-18-13(12(8-15)9-16-18)17-14(19)20-10-11-6-4-3-5-7-11/h3-7,9H,2,10H2,1H3,(H,17,19). The molecule has 0 unspecified atom stereocenters. The molecule has 0 fully saturated rings. The van der Waals surface area contributed by atoms with Crippen LogP contribution in [0.2, 0.25) is 0 Å². The van der Waals surface area contributed by atoms with E-state index in [0.717, 1.165) is 5.56 Å². The van der Waals surface area contributed by atoms with Crippen LogP contribution >= 0.6 is 0 Å². The Morgan fingerprint density at radius 1 is 1.45 bits per heavy atom. The molecule has 1 aromatic heterocycles. The number of nitriles is 1. The minimum absolute atomic E-state index is 0.175. The van der Waals surface area contributed by atoms with Crippen molar-refractivity contribution in [1.82, 2.24) is 9.78 Å². The lowest BCUT2D eigenvalue weighted by Gasteiger charge is -2.08. The molecule has 0 saturated heterocycles. The zero-order valence-electron chi connectivity index (χ0n) is 11.0. The van der Waals surface area contributed by atoms with Crippen molar-refractivity contribution in [2.24, 2.45) is 0 Å². The SMILES string of the molecule is CCn1ncc(C#N)c1NC(=O)OCc1ccccc1. The van der Waals surface area contributed by atoms with Crippen molar-refractivity contribution in [3.05, 3.63) is 47.7 Å². The summed E-state index contributed by atoms with van der Waals surface area (Å²) in [5, 5.41) is 15.5. The number of anilines is 1. The lowest BCUT2D eigenvalue weighted by atomic mass is 10.2. The molecule has 102 valence electrons. The highest BCUT2D eigenvalue weighted by molar-refractivity contribution is 5.85. The molecule has 0 atom stereocenters. The van der Waals surface area contributed by atoms with E-state index in [4.69, 9.17) is 10.00 Å². The summed E-state index contributed by atoms with van der Waals surface area (Å²) in [6.45, 7) is 2.60. The van der Waals surface area contributed by atoms with Crippen LogP contribution < -0.4 is 5.32 Å². The van der Waals surface area contributed by atoms with E-state index in [9.17, 15) is 4.79 Å². The molecule has 6 nitrogen and oxygen atoms in total. The van der Waals surface area contributed by atoms with Crippen LogP contribution in [0.3, 0.4) is 0 Å². The van der Waals surface area contributed by atoms with Gasteiger partial charge in [0.2, 0.25) is 0 Å². The fourth-order valence-corrected chi connectivity index (χ4v) is 1.69. The second-order valence-corrected chi connectivity index (χ2v) is 4.02. The van der Waals surface area contributed by atoms with Crippen molar-refractivity contribution < 1.29 is 9.53 Å². The van der Waals surface area contributed by atoms with Gasteiger partial charge in [0.25, 0.3) is 0 Å². The molecular formula is C14H14N4O2. The van der Waals surface area contributed by atoms with Crippen molar-refractivity contribution in [3.63, 3.8) is 0 Å². The first-order valence-corrected chi connectivity index (χ1v) is 6.18. The quantitative estimate of drug-likeness (QED) is 0.925. The predicted molar refractivity (Wildman–Crippen MR) is 72.9 cm³/mol. The molecule has 0 saturated carbocycles. The van der Waals surface area contributed by atoms with Gasteiger partial charge in [-0.2, -0.15) is 10.4 Å². The lowest BCUT2D eigenvalue weighted by Crippen LogP contribution is -2.17. The Hall–Kier alpha value is -2.81. The molecule has 1 amide bonds. The van der Waals surface area contributed by atoms with Crippen LogP contribution in [-0.2, 0) is 17.9 Å². The molecule has 0 bridgehead atoms. The lowest BCUT2D eigenvalue weighted by molar-refractivity contribution is 0.155. The molecule has 2 aromatic rings. The topological polar surface area (TPSA) is 79.9 Å². The smallest absolute Gasteiger partial charge is 0.413 e. The van der Waals surface area contributed by atoms with Crippen molar-refractivity contribution in [3.8, 4) is 6.07 Å². The van der Waals surface area contributed by atoms with Crippen molar-refractivity contribution >= 4 is 11.9 Å². The Balaban J connectivity index is 1.98. The van der Waals surface area contributed by atoms with E-state index in [0.29, 0.717) is 17.9 Å². The van der Waals surface area contributed by atoms with Gasteiger partial charge in [-0.1, -0.05) is 30.3 Å². The van der Waals surface area contributed by atoms with E-state index >= 15 is 0 Å². The molecule has 20 heavy (non-hydrogen) atoms. The van der Waals surface area contributed by atoms with E-state index in [1.165, 1.54) is 10.9 Å². The highest BCUT2D eigenvalue weighted by Gasteiger charge is 2.13. The van der Waals surface area contributed by atoms with Gasteiger partial charge in [0.1, 0.15) is 18.2 Å². The van der Waals surface area contributed by atoms with Crippen LogP contribution in [0.15, 0.2) is 36.5 Å². The minimum atomic E-state index is -0.611. The summed E-state index contributed by atoms with van der Waals surface area (Å²) in [7, 11) is 0. The monoisotopic (exact) mass is 270 g/mol. The molecule has 0 radical (unpaired) electrons. The summed E-state index contributed by atoms with van der Waals surface area (Å²) in [5.74, 6) is 0.355. The summed E-state index contributed by atoms with van der Waals surface area (Å²) in [6, 6.07) is 11.3. The molecule has 1 aromatic carbocycles. The Morgan fingerprint density at radius 3 is 2.85 bits per heavy atom. The second-order valence-electron chi connectivity index (χ2n) is 4.02. The van der Waals surface area contributed by atoms with E-state index in [2.05, 4.69) is 10.4 Å². The zero-order chi connectivity index (χ0) is 14.4. The van der Waals surface area contributed by atoms with Crippen molar-refractivity contribution in [2.45, 2.75) is 20.1 Å². The summed E-state index contributed by atoms with van der Waals surface area (Å²) < 4.78 is 6.63. The maximum atomic E-state index is 11.7. The maximum absolute atomic E-state index is 11.7. The number of carbonyl (C=O) groups is 1. The average Bonchev–Trinajstić information content (AvgIpc) is 2.88.